The molecule has 2 rings (SSSR count). The van der Waals surface area contributed by atoms with Crippen LogP contribution < -0.4 is 10.1 Å². The second-order valence-electron chi connectivity index (χ2n) is 5.88. The predicted molar refractivity (Wildman–Crippen MR) is 92.3 cm³/mol. The van der Waals surface area contributed by atoms with E-state index in [1.807, 2.05) is 12.1 Å². The number of aryl methyl sites for hydroxylation is 1. The Kier molecular flexibility index (Phi) is 5.99. The van der Waals surface area contributed by atoms with E-state index >= 15 is 0 Å². The largest absolute Gasteiger partial charge is 0.497 e. The van der Waals surface area contributed by atoms with Gasteiger partial charge in [-0.15, -0.1) is 0 Å². The van der Waals surface area contributed by atoms with Gasteiger partial charge in [-0.3, -0.25) is 0 Å². The van der Waals surface area contributed by atoms with Gasteiger partial charge in [-0.2, -0.15) is 0 Å². The molecule has 0 saturated carbocycles. The van der Waals surface area contributed by atoms with Gasteiger partial charge in [-0.25, -0.2) is 0 Å². The van der Waals surface area contributed by atoms with Crippen molar-refractivity contribution in [3.63, 3.8) is 0 Å². The lowest BCUT2D eigenvalue weighted by atomic mass is 10.1. The predicted octanol–water partition coefficient (Wildman–Crippen LogP) is 3.40. The lowest BCUT2D eigenvalue weighted by Crippen LogP contribution is -2.30. The van der Waals surface area contributed by atoms with Crippen molar-refractivity contribution in [3.8, 4) is 5.75 Å². The van der Waals surface area contributed by atoms with E-state index in [1.165, 1.54) is 16.7 Å². The maximum Gasteiger partial charge on any atom is 0.119 e. The summed E-state index contributed by atoms with van der Waals surface area (Å²) in [6.07, 6.45) is 0. The highest BCUT2D eigenvalue weighted by Gasteiger charge is 2.14. The van der Waals surface area contributed by atoms with E-state index in [0.29, 0.717) is 6.04 Å². The summed E-state index contributed by atoms with van der Waals surface area (Å²) in [5, 5.41) is 3.56. The summed E-state index contributed by atoms with van der Waals surface area (Å²) in [6, 6.07) is 17.2. The summed E-state index contributed by atoms with van der Waals surface area (Å²) in [4.78, 5) is 2.23. The van der Waals surface area contributed by atoms with Crippen molar-refractivity contribution in [1.29, 1.82) is 0 Å². The molecule has 3 heteroatoms. The monoisotopic (exact) mass is 298 g/mol. The standard InChI is InChI=1S/C19H26N2O/c1-15-7-5-8-16(11-15)13-20-14-19(21(2)3)17-9-6-10-18(12-17)22-4/h5-12,19-20H,13-14H2,1-4H3. The van der Waals surface area contributed by atoms with Gasteiger partial charge in [0.1, 0.15) is 5.75 Å². The van der Waals surface area contributed by atoms with Crippen LogP contribution in [0.1, 0.15) is 22.7 Å². The quantitative estimate of drug-likeness (QED) is 0.848. The first-order chi connectivity index (χ1) is 10.6. The molecular formula is C19H26N2O. The molecule has 0 heterocycles. The highest BCUT2D eigenvalue weighted by atomic mass is 16.5. The van der Waals surface area contributed by atoms with Gasteiger partial charge in [0.25, 0.3) is 0 Å². The molecule has 0 fully saturated rings. The van der Waals surface area contributed by atoms with Crippen LogP contribution >= 0.6 is 0 Å². The first-order valence-electron chi connectivity index (χ1n) is 7.67. The summed E-state index contributed by atoms with van der Waals surface area (Å²) in [5.74, 6) is 0.906. The maximum atomic E-state index is 5.33. The van der Waals surface area contributed by atoms with Crippen molar-refractivity contribution in [1.82, 2.24) is 10.2 Å². The fraction of sp³-hybridized carbons (Fsp3) is 0.368. The molecule has 2 aromatic carbocycles. The number of ether oxygens (including phenoxy) is 1. The Morgan fingerprint density at radius 2 is 1.86 bits per heavy atom. The molecule has 3 nitrogen and oxygen atoms in total. The van der Waals surface area contributed by atoms with Gasteiger partial charge in [-0.1, -0.05) is 42.0 Å². The zero-order valence-corrected chi connectivity index (χ0v) is 14.0. The minimum Gasteiger partial charge on any atom is -0.497 e. The molecule has 0 radical (unpaired) electrons. The molecule has 0 aliphatic heterocycles. The van der Waals surface area contributed by atoms with Gasteiger partial charge < -0.3 is 15.0 Å². The molecule has 0 saturated heterocycles. The minimum atomic E-state index is 0.319. The first-order valence-corrected chi connectivity index (χ1v) is 7.67. The molecule has 0 bridgehead atoms. The minimum absolute atomic E-state index is 0.319. The second kappa shape index (κ2) is 7.97. The van der Waals surface area contributed by atoms with Crippen LogP contribution in [0.25, 0.3) is 0 Å². The van der Waals surface area contributed by atoms with Crippen LogP contribution in [0.2, 0.25) is 0 Å². The average Bonchev–Trinajstić information content (AvgIpc) is 2.51. The normalized spacial score (nSPS) is 12.4. The van der Waals surface area contributed by atoms with Crippen LogP contribution in [0.3, 0.4) is 0 Å². The third kappa shape index (κ3) is 4.58. The molecule has 22 heavy (non-hydrogen) atoms. The van der Waals surface area contributed by atoms with Crippen molar-refractivity contribution in [2.45, 2.75) is 19.5 Å². The van der Waals surface area contributed by atoms with E-state index in [0.717, 1.165) is 18.8 Å². The molecule has 0 spiro atoms. The molecule has 0 aliphatic carbocycles. The van der Waals surface area contributed by atoms with Crippen LogP contribution in [-0.4, -0.2) is 32.6 Å². The number of benzene rings is 2. The average molecular weight is 298 g/mol. The lowest BCUT2D eigenvalue weighted by Gasteiger charge is -2.25. The number of nitrogens with one attached hydrogen (secondary N) is 1. The Hall–Kier alpha value is -1.84. The third-order valence-corrected chi connectivity index (χ3v) is 3.85. The van der Waals surface area contributed by atoms with E-state index in [4.69, 9.17) is 4.74 Å². The van der Waals surface area contributed by atoms with E-state index in [-0.39, 0.29) is 0 Å². The number of nitrogens with zero attached hydrogens (tertiary/aromatic N) is 1. The molecule has 1 atom stereocenters. The van der Waals surface area contributed by atoms with Gasteiger partial charge in [0, 0.05) is 19.1 Å². The maximum absolute atomic E-state index is 5.33. The molecule has 0 amide bonds. The summed E-state index contributed by atoms with van der Waals surface area (Å²) >= 11 is 0. The van der Waals surface area contributed by atoms with Crippen molar-refractivity contribution in [2.24, 2.45) is 0 Å². The molecule has 0 aliphatic rings. The van der Waals surface area contributed by atoms with Gasteiger partial charge in [0.2, 0.25) is 0 Å². The number of methoxy groups -OCH3 is 1. The number of hydrogen-bond acceptors (Lipinski definition) is 3. The molecule has 2 aromatic rings. The van der Waals surface area contributed by atoms with E-state index < -0.39 is 0 Å². The number of rotatable bonds is 7. The Labute approximate surface area is 133 Å². The van der Waals surface area contributed by atoms with Crippen LogP contribution in [0.15, 0.2) is 48.5 Å². The summed E-state index contributed by atoms with van der Waals surface area (Å²) in [7, 11) is 5.93. The van der Waals surface area contributed by atoms with Crippen molar-refractivity contribution >= 4 is 0 Å². The van der Waals surface area contributed by atoms with Crippen LogP contribution in [0.4, 0.5) is 0 Å². The fourth-order valence-electron chi connectivity index (χ4n) is 2.62. The van der Waals surface area contributed by atoms with Crippen molar-refractivity contribution in [3.05, 3.63) is 65.2 Å². The third-order valence-electron chi connectivity index (χ3n) is 3.85. The zero-order valence-electron chi connectivity index (χ0n) is 14.0. The molecule has 1 unspecified atom stereocenters. The SMILES string of the molecule is COc1cccc(C(CNCc2cccc(C)c2)N(C)C)c1. The fourth-order valence-corrected chi connectivity index (χ4v) is 2.62. The Morgan fingerprint density at radius 3 is 2.55 bits per heavy atom. The molecule has 118 valence electrons. The topological polar surface area (TPSA) is 24.5 Å². The summed E-state index contributed by atoms with van der Waals surface area (Å²) < 4.78 is 5.33. The summed E-state index contributed by atoms with van der Waals surface area (Å²) in [6.45, 7) is 3.91. The van der Waals surface area contributed by atoms with E-state index in [1.54, 1.807) is 7.11 Å². The van der Waals surface area contributed by atoms with E-state index in [2.05, 4.69) is 67.6 Å². The molecular weight excluding hydrogens is 272 g/mol. The van der Waals surface area contributed by atoms with Crippen molar-refractivity contribution < 1.29 is 4.74 Å². The van der Waals surface area contributed by atoms with Crippen molar-refractivity contribution in [2.75, 3.05) is 27.7 Å². The first kappa shape index (κ1) is 16.5. The molecule has 0 aromatic heterocycles. The van der Waals surface area contributed by atoms with Gasteiger partial charge in [0.05, 0.1) is 7.11 Å². The number of hydrogen-bond donors (Lipinski definition) is 1. The van der Waals surface area contributed by atoms with E-state index in [9.17, 15) is 0 Å². The van der Waals surface area contributed by atoms with Gasteiger partial charge in [0.15, 0.2) is 0 Å². The van der Waals surface area contributed by atoms with Crippen LogP contribution in [-0.2, 0) is 6.54 Å². The zero-order chi connectivity index (χ0) is 15.9. The smallest absolute Gasteiger partial charge is 0.119 e. The van der Waals surface area contributed by atoms with Crippen LogP contribution in [0, 0.1) is 6.92 Å². The second-order valence-corrected chi connectivity index (χ2v) is 5.88. The number of likely N-dealkylation sites (N-methyl/N-ethyl adjacent to an activating group) is 1. The summed E-state index contributed by atoms with van der Waals surface area (Å²) in [5.41, 5.74) is 3.89. The van der Waals surface area contributed by atoms with Gasteiger partial charge in [-0.05, 0) is 44.3 Å². The van der Waals surface area contributed by atoms with Gasteiger partial charge >= 0.3 is 0 Å². The van der Waals surface area contributed by atoms with Crippen LogP contribution in [0.5, 0.6) is 5.75 Å². The highest BCUT2D eigenvalue weighted by molar-refractivity contribution is 5.31. The Morgan fingerprint density at radius 1 is 1.09 bits per heavy atom. The Balaban J connectivity index is 2.00. The molecule has 1 N–H and O–H groups in total. The lowest BCUT2D eigenvalue weighted by molar-refractivity contribution is 0.287. The Bertz CT molecular complexity index is 595. The highest BCUT2D eigenvalue weighted by Crippen LogP contribution is 2.22.